The van der Waals surface area contributed by atoms with E-state index in [4.69, 9.17) is 10.5 Å². The monoisotopic (exact) mass is 204 g/mol. The summed E-state index contributed by atoms with van der Waals surface area (Å²) >= 11 is 0. The highest BCUT2D eigenvalue weighted by Crippen LogP contribution is 2.37. The molecular formula is C11H12N2O2. The number of amides is 1. The predicted molar refractivity (Wildman–Crippen MR) is 55.7 cm³/mol. The van der Waals surface area contributed by atoms with Crippen molar-refractivity contribution in [2.75, 3.05) is 11.4 Å². The third-order valence-electron chi connectivity index (χ3n) is 3.12. The van der Waals surface area contributed by atoms with E-state index in [1.807, 2.05) is 18.2 Å². The summed E-state index contributed by atoms with van der Waals surface area (Å²) < 4.78 is 5.20. The van der Waals surface area contributed by atoms with E-state index < -0.39 is 0 Å². The largest absolute Gasteiger partial charge is 0.442 e. The Balaban J connectivity index is 2.04. The molecule has 2 aliphatic rings. The molecule has 0 saturated carbocycles. The zero-order valence-electron chi connectivity index (χ0n) is 8.22. The van der Waals surface area contributed by atoms with Gasteiger partial charge in [-0.25, -0.2) is 4.79 Å². The van der Waals surface area contributed by atoms with Gasteiger partial charge < -0.3 is 10.5 Å². The van der Waals surface area contributed by atoms with E-state index in [1.165, 1.54) is 5.56 Å². The lowest BCUT2D eigenvalue weighted by Gasteiger charge is -2.14. The van der Waals surface area contributed by atoms with E-state index in [0.717, 1.165) is 12.1 Å². The van der Waals surface area contributed by atoms with Crippen molar-refractivity contribution in [1.29, 1.82) is 0 Å². The van der Waals surface area contributed by atoms with Crippen LogP contribution in [0.4, 0.5) is 10.5 Å². The first-order valence-corrected chi connectivity index (χ1v) is 5.09. The van der Waals surface area contributed by atoms with Gasteiger partial charge in [-0.3, -0.25) is 4.90 Å². The number of nitrogens with two attached hydrogens (primary N) is 1. The second-order valence-electron chi connectivity index (χ2n) is 3.93. The summed E-state index contributed by atoms with van der Waals surface area (Å²) in [4.78, 5) is 13.4. The minimum atomic E-state index is -0.264. The van der Waals surface area contributed by atoms with Crippen molar-refractivity contribution >= 4 is 11.8 Å². The quantitative estimate of drug-likeness (QED) is 0.739. The van der Waals surface area contributed by atoms with E-state index in [0.29, 0.717) is 6.54 Å². The van der Waals surface area contributed by atoms with Gasteiger partial charge in [-0.2, -0.15) is 0 Å². The van der Waals surface area contributed by atoms with Gasteiger partial charge in [-0.15, -0.1) is 0 Å². The molecule has 1 saturated heterocycles. The number of carbonyl (C=O) groups is 1. The zero-order chi connectivity index (χ0) is 10.4. The zero-order valence-corrected chi connectivity index (χ0v) is 8.22. The molecule has 3 rings (SSSR count). The van der Waals surface area contributed by atoms with Gasteiger partial charge in [0.2, 0.25) is 0 Å². The molecule has 2 N–H and O–H groups in total. The van der Waals surface area contributed by atoms with E-state index in [9.17, 15) is 4.79 Å². The van der Waals surface area contributed by atoms with Crippen LogP contribution in [0, 0.1) is 0 Å². The van der Waals surface area contributed by atoms with Crippen LogP contribution in [0.2, 0.25) is 0 Å². The van der Waals surface area contributed by atoms with Crippen molar-refractivity contribution in [3.63, 3.8) is 0 Å². The van der Waals surface area contributed by atoms with Crippen molar-refractivity contribution in [2.24, 2.45) is 5.73 Å². The number of hydrogen-bond acceptors (Lipinski definition) is 3. The van der Waals surface area contributed by atoms with Gasteiger partial charge in [-0.1, -0.05) is 18.2 Å². The highest BCUT2D eigenvalue weighted by Gasteiger charge is 2.46. The molecule has 4 nitrogen and oxygen atoms in total. The lowest BCUT2D eigenvalue weighted by atomic mass is 10.1. The number of fused-ring (bicyclic) bond motifs is 3. The Hall–Kier alpha value is -1.55. The van der Waals surface area contributed by atoms with Gasteiger partial charge in [0, 0.05) is 6.54 Å². The van der Waals surface area contributed by atoms with Gasteiger partial charge in [0.25, 0.3) is 0 Å². The molecule has 2 aliphatic heterocycles. The summed E-state index contributed by atoms with van der Waals surface area (Å²) in [6, 6.07) is 8.03. The average Bonchev–Trinajstić information content (AvgIpc) is 2.76. The fraction of sp³-hybridized carbons (Fsp3) is 0.364. The molecule has 0 aliphatic carbocycles. The van der Waals surface area contributed by atoms with Gasteiger partial charge >= 0.3 is 6.09 Å². The van der Waals surface area contributed by atoms with Crippen LogP contribution in [-0.4, -0.2) is 24.8 Å². The summed E-state index contributed by atoms with van der Waals surface area (Å²) in [5.74, 6) is 0. The number of nitrogens with zero attached hydrogens (tertiary/aromatic N) is 1. The van der Waals surface area contributed by atoms with Crippen molar-refractivity contribution in [3.8, 4) is 0 Å². The lowest BCUT2D eigenvalue weighted by Crippen LogP contribution is -2.37. The maximum Gasteiger partial charge on any atom is 0.415 e. The Morgan fingerprint density at radius 1 is 1.47 bits per heavy atom. The molecule has 0 unspecified atom stereocenters. The maximum absolute atomic E-state index is 11.6. The summed E-state index contributed by atoms with van der Waals surface area (Å²) in [5, 5.41) is 0. The first-order valence-electron chi connectivity index (χ1n) is 5.09. The molecule has 78 valence electrons. The summed E-state index contributed by atoms with van der Waals surface area (Å²) in [5.41, 5.74) is 7.76. The topological polar surface area (TPSA) is 55.6 Å². The number of anilines is 1. The first-order chi connectivity index (χ1) is 7.31. The van der Waals surface area contributed by atoms with E-state index in [-0.39, 0.29) is 18.2 Å². The minimum absolute atomic E-state index is 0.0971. The van der Waals surface area contributed by atoms with Crippen LogP contribution in [0.15, 0.2) is 24.3 Å². The molecule has 0 bridgehead atoms. The third-order valence-corrected chi connectivity index (χ3v) is 3.12. The van der Waals surface area contributed by atoms with E-state index in [2.05, 4.69) is 6.07 Å². The highest BCUT2D eigenvalue weighted by atomic mass is 16.6. The number of benzene rings is 1. The van der Waals surface area contributed by atoms with Crippen LogP contribution in [0.25, 0.3) is 0 Å². The average molecular weight is 204 g/mol. The van der Waals surface area contributed by atoms with Crippen molar-refractivity contribution in [1.82, 2.24) is 0 Å². The molecule has 4 heteroatoms. The highest BCUT2D eigenvalue weighted by molar-refractivity contribution is 5.93. The number of para-hydroxylation sites is 1. The Morgan fingerprint density at radius 3 is 3.07 bits per heavy atom. The molecule has 0 radical (unpaired) electrons. The molecule has 1 fully saturated rings. The normalized spacial score (nSPS) is 27.5. The fourth-order valence-electron chi connectivity index (χ4n) is 2.42. The number of hydrogen-bond donors (Lipinski definition) is 1. The van der Waals surface area contributed by atoms with E-state index >= 15 is 0 Å². The molecule has 1 aromatic carbocycles. The molecular weight excluding hydrogens is 192 g/mol. The standard InChI is InChI=1S/C11H12N2O2/c12-6-10-9-5-7-3-1-2-4-8(7)13(9)11(14)15-10/h1-4,9-10H,5-6,12H2/t9-,10-/m0/s1. The van der Waals surface area contributed by atoms with E-state index in [1.54, 1.807) is 4.90 Å². The van der Waals surface area contributed by atoms with Gasteiger partial charge in [-0.05, 0) is 18.1 Å². The Morgan fingerprint density at radius 2 is 2.27 bits per heavy atom. The molecule has 0 aromatic heterocycles. The summed E-state index contributed by atoms with van der Waals surface area (Å²) in [6.45, 7) is 0.390. The molecule has 1 aromatic rings. The van der Waals surface area contributed by atoms with Gasteiger partial charge in [0.1, 0.15) is 6.10 Å². The van der Waals surface area contributed by atoms with Crippen LogP contribution in [0.3, 0.4) is 0 Å². The van der Waals surface area contributed by atoms with Crippen LogP contribution < -0.4 is 10.6 Å². The lowest BCUT2D eigenvalue weighted by molar-refractivity contribution is 0.135. The Bertz CT molecular complexity index is 419. The van der Waals surface area contributed by atoms with Crippen LogP contribution in [0.5, 0.6) is 0 Å². The van der Waals surface area contributed by atoms with Crippen molar-refractivity contribution in [2.45, 2.75) is 18.6 Å². The molecule has 1 amide bonds. The predicted octanol–water partition coefficient (Wildman–Crippen LogP) is 0.895. The second-order valence-corrected chi connectivity index (χ2v) is 3.93. The van der Waals surface area contributed by atoms with Crippen molar-refractivity contribution < 1.29 is 9.53 Å². The first kappa shape index (κ1) is 8.73. The summed E-state index contributed by atoms with van der Waals surface area (Å²) in [6.07, 6.45) is 0.425. The SMILES string of the molecule is NC[C@@H]1OC(=O)N2c3ccccc3C[C@@H]12. The molecule has 0 spiro atoms. The Labute approximate surface area is 87.6 Å². The maximum atomic E-state index is 11.6. The summed E-state index contributed by atoms with van der Waals surface area (Å²) in [7, 11) is 0. The number of ether oxygens (including phenoxy) is 1. The van der Waals surface area contributed by atoms with Crippen LogP contribution in [-0.2, 0) is 11.2 Å². The third kappa shape index (κ3) is 1.08. The van der Waals surface area contributed by atoms with Gasteiger partial charge in [0.15, 0.2) is 0 Å². The molecule has 15 heavy (non-hydrogen) atoms. The van der Waals surface area contributed by atoms with Crippen LogP contribution >= 0.6 is 0 Å². The minimum Gasteiger partial charge on any atom is -0.442 e. The van der Waals surface area contributed by atoms with Crippen LogP contribution in [0.1, 0.15) is 5.56 Å². The fourth-order valence-corrected chi connectivity index (χ4v) is 2.42. The number of rotatable bonds is 1. The number of cyclic esters (lactones) is 1. The second kappa shape index (κ2) is 2.97. The molecule has 2 heterocycles. The smallest absolute Gasteiger partial charge is 0.415 e. The Kier molecular flexibility index (Phi) is 1.73. The molecule has 2 atom stereocenters. The number of carbonyl (C=O) groups excluding carboxylic acids is 1. The van der Waals surface area contributed by atoms with Gasteiger partial charge in [0.05, 0.1) is 11.7 Å². The van der Waals surface area contributed by atoms with Crippen molar-refractivity contribution in [3.05, 3.63) is 29.8 Å².